The number of aryl methyl sites for hydroxylation is 2. The van der Waals surface area contributed by atoms with Crippen LogP contribution in [0.5, 0.6) is 0 Å². The van der Waals surface area contributed by atoms with E-state index in [9.17, 15) is 5.11 Å². The van der Waals surface area contributed by atoms with E-state index in [2.05, 4.69) is 24.0 Å². The van der Waals surface area contributed by atoms with Gasteiger partial charge >= 0.3 is 0 Å². The molecular formula is C13H22N2O. The molecule has 0 saturated carbocycles. The second-order valence-corrected chi connectivity index (χ2v) is 4.51. The fourth-order valence-electron chi connectivity index (χ4n) is 1.77. The summed E-state index contributed by atoms with van der Waals surface area (Å²) in [5.74, 6) is 0.535. The third-order valence-electron chi connectivity index (χ3n) is 3.04. The van der Waals surface area contributed by atoms with Crippen molar-refractivity contribution in [3.63, 3.8) is 0 Å². The maximum Gasteiger partial charge on any atom is 0.0811 e. The van der Waals surface area contributed by atoms with Crippen LogP contribution in [0.15, 0.2) is 6.07 Å². The Bertz CT molecular complexity index is 339. The average Bonchev–Trinajstić information content (AvgIpc) is 2.28. The summed E-state index contributed by atoms with van der Waals surface area (Å²) in [4.78, 5) is 0. The first-order valence-electron chi connectivity index (χ1n) is 6.09. The van der Waals surface area contributed by atoms with Gasteiger partial charge in [0.15, 0.2) is 0 Å². The van der Waals surface area contributed by atoms with E-state index in [4.69, 9.17) is 0 Å². The van der Waals surface area contributed by atoms with Crippen LogP contribution in [0.2, 0.25) is 0 Å². The van der Waals surface area contributed by atoms with Crippen LogP contribution in [0.3, 0.4) is 0 Å². The molecule has 0 radical (unpaired) electrons. The van der Waals surface area contributed by atoms with Crippen molar-refractivity contribution in [1.29, 1.82) is 0 Å². The van der Waals surface area contributed by atoms with Crippen molar-refractivity contribution in [2.75, 3.05) is 0 Å². The lowest BCUT2D eigenvalue weighted by Crippen LogP contribution is -2.09. The molecule has 0 aliphatic carbocycles. The molecule has 1 aromatic heterocycles. The van der Waals surface area contributed by atoms with Gasteiger partial charge in [-0.05, 0) is 31.7 Å². The molecule has 3 heteroatoms. The molecule has 1 heterocycles. The highest BCUT2D eigenvalue weighted by Crippen LogP contribution is 2.25. The topological polar surface area (TPSA) is 46.0 Å². The molecule has 0 aliphatic rings. The first kappa shape index (κ1) is 13.1. The van der Waals surface area contributed by atoms with E-state index < -0.39 is 6.10 Å². The Labute approximate surface area is 97.9 Å². The Morgan fingerprint density at radius 1 is 1.31 bits per heavy atom. The molecule has 1 rings (SSSR count). The molecule has 1 aromatic rings. The quantitative estimate of drug-likeness (QED) is 0.833. The molecular weight excluding hydrogens is 200 g/mol. The summed E-state index contributed by atoms with van der Waals surface area (Å²) < 4.78 is 0. The van der Waals surface area contributed by atoms with Crippen LogP contribution in [0, 0.1) is 12.8 Å². The lowest BCUT2D eigenvalue weighted by Gasteiger charge is -2.17. The minimum atomic E-state index is -0.404. The smallest absolute Gasteiger partial charge is 0.0811 e. The van der Waals surface area contributed by atoms with Gasteiger partial charge in [0, 0.05) is 5.56 Å². The van der Waals surface area contributed by atoms with Crippen molar-refractivity contribution >= 4 is 0 Å². The first-order chi connectivity index (χ1) is 7.58. The van der Waals surface area contributed by atoms with Crippen LogP contribution in [0.4, 0.5) is 0 Å². The monoisotopic (exact) mass is 222 g/mol. The average molecular weight is 222 g/mol. The van der Waals surface area contributed by atoms with Crippen molar-refractivity contribution in [2.24, 2.45) is 5.92 Å². The molecule has 0 spiro atoms. The number of aliphatic hydroxyl groups is 1. The van der Waals surface area contributed by atoms with Crippen LogP contribution in [0.25, 0.3) is 0 Å². The molecule has 1 N–H and O–H groups in total. The van der Waals surface area contributed by atoms with Gasteiger partial charge in [0.25, 0.3) is 0 Å². The summed E-state index contributed by atoms with van der Waals surface area (Å²) >= 11 is 0. The highest BCUT2D eigenvalue weighted by molar-refractivity contribution is 5.23. The number of aliphatic hydroxyl groups excluding tert-OH is 1. The fourth-order valence-corrected chi connectivity index (χ4v) is 1.77. The third kappa shape index (κ3) is 3.27. The maximum atomic E-state index is 10.2. The summed E-state index contributed by atoms with van der Waals surface area (Å²) in [5, 5.41) is 18.4. The van der Waals surface area contributed by atoms with Gasteiger partial charge in [0.05, 0.1) is 17.5 Å². The Kier molecular flexibility index (Phi) is 4.87. The van der Waals surface area contributed by atoms with Gasteiger partial charge in [-0.3, -0.25) is 0 Å². The Morgan fingerprint density at radius 3 is 2.56 bits per heavy atom. The van der Waals surface area contributed by atoms with Gasteiger partial charge in [-0.25, -0.2) is 0 Å². The molecule has 0 aromatic carbocycles. The van der Waals surface area contributed by atoms with Crippen molar-refractivity contribution in [3.8, 4) is 0 Å². The molecule has 0 bridgehead atoms. The standard InChI is InChI=1S/C13H22N2O/c1-5-9(3)7-13(16)11-8-10(4)14-15-12(11)6-2/h8-9,13,16H,5-7H2,1-4H3. The highest BCUT2D eigenvalue weighted by atomic mass is 16.3. The second-order valence-electron chi connectivity index (χ2n) is 4.51. The van der Waals surface area contributed by atoms with E-state index in [1.165, 1.54) is 0 Å². The SMILES string of the molecule is CCc1nnc(C)cc1C(O)CC(C)CC. The Hall–Kier alpha value is -0.960. The Balaban J connectivity index is 2.88. The second kappa shape index (κ2) is 5.94. The maximum absolute atomic E-state index is 10.2. The zero-order valence-electron chi connectivity index (χ0n) is 10.7. The predicted octanol–water partition coefficient (Wildman–Crippen LogP) is 2.82. The van der Waals surface area contributed by atoms with Crippen molar-refractivity contribution < 1.29 is 5.11 Å². The lowest BCUT2D eigenvalue weighted by atomic mass is 9.95. The number of hydrogen-bond acceptors (Lipinski definition) is 3. The van der Waals surface area contributed by atoms with Crippen molar-refractivity contribution in [3.05, 3.63) is 23.0 Å². The van der Waals surface area contributed by atoms with Gasteiger partial charge in [0.1, 0.15) is 0 Å². The molecule has 0 aliphatic heterocycles. The summed E-state index contributed by atoms with van der Waals surface area (Å²) in [6, 6.07) is 1.96. The van der Waals surface area contributed by atoms with Crippen molar-refractivity contribution in [1.82, 2.24) is 10.2 Å². The van der Waals surface area contributed by atoms with E-state index in [0.29, 0.717) is 5.92 Å². The van der Waals surface area contributed by atoms with Crippen LogP contribution in [-0.2, 0) is 6.42 Å². The van der Waals surface area contributed by atoms with E-state index >= 15 is 0 Å². The molecule has 2 atom stereocenters. The summed E-state index contributed by atoms with van der Waals surface area (Å²) in [7, 11) is 0. The third-order valence-corrected chi connectivity index (χ3v) is 3.04. The largest absolute Gasteiger partial charge is 0.388 e. The normalized spacial score (nSPS) is 14.8. The lowest BCUT2D eigenvalue weighted by molar-refractivity contribution is 0.145. The van der Waals surface area contributed by atoms with Gasteiger partial charge in [-0.1, -0.05) is 27.2 Å². The molecule has 0 amide bonds. The molecule has 16 heavy (non-hydrogen) atoms. The minimum Gasteiger partial charge on any atom is -0.388 e. The van der Waals surface area contributed by atoms with E-state index in [-0.39, 0.29) is 0 Å². The first-order valence-corrected chi connectivity index (χ1v) is 6.09. The van der Waals surface area contributed by atoms with Crippen LogP contribution in [-0.4, -0.2) is 15.3 Å². The Morgan fingerprint density at radius 2 is 2.00 bits per heavy atom. The molecule has 3 nitrogen and oxygen atoms in total. The van der Waals surface area contributed by atoms with Gasteiger partial charge < -0.3 is 5.11 Å². The zero-order chi connectivity index (χ0) is 12.1. The van der Waals surface area contributed by atoms with Crippen LogP contribution < -0.4 is 0 Å². The number of hydrogen-bond donors (Lipinski definition) is 1. The summed E-state index contributed by atoms with van der Waals surface area (Å²) in [5.41, 5.74) is 2.74. The predicted molar refractivity (Wildman–Crippen MR) is 65.2 cm³/mol. The molecule has 90 valence electrons. The number of aromatic nitrogens is 2. The fraction of sp³-hybridized carbons (Fsp3) is 0.692. The van der Waals surface area contributed by atoms with Crippen molar-refractivity contribution in [2.45, 2.75) is 53.1 Å². The van der Waals surface area contributed by atoms with E-state index in [0.717, 1.165) is 36.2 Å². The van der Waals surface area contributed by atoms with Gasteiger partial charge in [-0.15, -0.1) is 0 Å². The van der Waals surface area contributed by atoms with E-state index in [1.807, 2.05) is 19.9 Å². The molecule has 0 saturated heterocycles. The highest BCUT2D eigenvalue weighted by Gasteiger charge is 2.16. The summed E-state index contributed by atoms with van der Waals surface area (Å²) in [6.45, 7) is 8.26. The van der Waals surface area contributed by atoms with Gasteiger partial charge in [-0.2, -0.15) is 10.2 Å². The zero-order valence-corrected chi connectivity index (χ0v) is 10.7. The van der Waals surface area contributed by atoms with Crippen LogP contribution >= 0.6 is 0 Å². The van der Waals surface area contributed by atoms with Gasteiger partial charge in [0.2, 0.25) is 0 Å². The van der Waals surface area contributed by atoms with E-state index in [1.54, 1.807) is 0 Å². The molecule has 2 unspecified atom stereocenters. The number of rotatable bonds is 5. The summed E-state index contributed by atoms with van der Waals surface area (Å²) in [6.07, 6.45) is 2.31. The number of nitrogens with zero attached hydrogens (tertiary/aromatic N) is 2. The van der Waals surface area contributed by atoms with Crippen LogP contribution in [0.1, 0.15) is 56.7 Å². The molecule has 0 fully saturated rings. The minimum absolute atomic E-state index is 0.404.